The molecule has 1 aromatic rings. The van der Waals surface area contributed by atoms with Crippen LogP contribution in [0.1, 0.15) is 18.9 Å². The van der Waals surface area contributed by atoms with Gasteiger partial charge >= 0.3 is 12.0 Å². The molecule has 20 heavy (non-hydrogen) atoms. The van der Waals surface area contributed by atoms with Crippen molar-refractivity contribution >= 4 is 23.6 Å². The molecule has 5 nitrogen and oxygen atoms in total. The van der Waals surface area contributed by atoms with E-state index in [2.05, 4.69) is 5.32 Å². The molecule has 0 aliphatic heterocycles. The summed E-state index contributed by atoms with van der Waals surface area (Å²) in [6.45, 7) is 2.43. The number of benzene rings is 1. The number of nitrogens with zero attached hydrogens (tertiary/aromatic N) is 1. The molecule has 1 atom stereocenters. The minimum atomic E-state index is -0.853. The fraction of sp³-hybridized carbons (Fsp3) is 0.429. The van der Waals surface area contributed by atoms with Gasteiger partial charge < -0.3 is 15.3 Å². The Morgan fingerprint density at radius 3 is 2.50 bits per heavy atom. The second-order valence-corrected chi connectivity index (χ2v) is 5.18. The molecular weight excluding hydrogens is 280 g/mol. The zero-order chi connectivity index (χ0) is 15.1. The summed E-state index contributed by atoms with van der Waals surface area (Å²) in [5.74, 6) is -1.31. The van der Waals surface area contributed by atoms with E-state index in [4.69, 9.17) is 16.7 Å². The summed E-state index contributed by atoms with van der Waals surface area (Å²) < 4.78 is 0. The first-order valence-corrected chi connectivity index (χ1v) is 6.74. The Morgan fingerprint density at radius 2 is 1.95 bits per heavy atom. The maximum Gasteiger partial charge on any atom is 0.317 e. The first-order chi connectivity index (χ1) is 9.40. The number of hydrogen-bond acceptors (Lipinski definition) is 2. The monoisotopic (exact) mass is 298 g/mol. The number of carboxylic acids is 1. The molecule has 0 radical (unpaired) electrons. The van der Waals surface area contributed by atoms with Crippen LogP contribution in [-0.4, -0.2) is 35.6 Å². The van der Waals surface area contributed by atoms with E-state index in [9.17, 15) is 9.59 Å². The molecule has 6 heteroatoms. The minimum absolute atomic E-state index is 0.225. The van der Waals surface area contributed by atoms with Crippen LogP contribution < -0.4 is 5.32 Å². The van der Waals surface area contributed by atoms with Gasteiger partial charge in [-0.2, -0.15) is 0 Å². The maximum atomic E-state index is 11.8. The van der Waals surface area contributed by atoms with E-state index in [-0.39, 0.29) is 6.03 Å². The highest BCUT2D eigenvalue weighted by molar-refractivity contribution is 6.30. The SMILES string of the molecule is CC(CCNC(=O)N(C)Cc1ccc(Cl)cc1)C(=O)O. The molecule has 2 amide bonds. The number of carbonyl (C=O) groups excluding carboxylic acids is 1. The lowest BCUT2D eigenvalue weighted by molar-refractivity contribution is -0.141. The molecule has 1 unspecified atom stereocenters. The Morgan fingerprint density at radius 1 is 1.35 bits per heavy atom. The van der Waals surface area contributed by atoms with E-state index in [1.165, 1.54) is 4.90 Å². The van der Waals surface area contributed by atoms with Gasteiger partial charge in [-0.25, -0.2) is 4.79 Å². The van der Waals surface area contributed by atoms with E-state index in [0.29, 0.717) is 24.5 Å². The summed E-state index contributed by atoms with van der Waals surface area (Å²) in [4.78, 5) is 24.0. The van der Waals surface area contributed by atoms with Crippen LogP contribution in [0.3, 0.4) is 0 Å². The lowest BCUT2D eigenvalue weighted by atomic mass is 10.1. The summed E-state index contributed by atoms with van der Waals surface area (Å²) in [7, 11) is 1.69. The van der Waals surface area contributed by atoms with E-state index < -0.39 is 11.9 Å². The fourth-order valence-corrected chi connectivity index (χ4v) is 1.72. The number of nitrogens with one attached hydrogen (secondary N) is 1. The second kappa shape index (κ2) is 7.75. The zero-order valence-electron chi connectivity index (χ0n) is 11.6. The molecule has 0 spiro atoms. The predicted octanol–water partition coefficient (Wildman–Crippen LogP) is 2.59. The molecule has 0 aliphatic carbocycles. The molecule has 0 bridgehead atoms. The average molecular weight is 299 g/mol. The van der Waals surface area contributed by atoms with Crippen molar-refractivity contribution < 1.29 is 14.7 Å². The summed E-state index contributed by atoms with van der Waals surface area (Å²) in [5, 5.41) is 12.1. The van der Waals surface area contributed by atoms with Crippen LogP contribution in [0.4, 0.5) is 4.79 Å². The zero-order valence-corrected chi connectivity index (χ0v) is 12.4. The number of rotatable bonds is 6. The quantitative estimate of drug-likeness (QED) is 0.848. The molecule has 0 heterocycles. The van der Waals surface area contributed by atoms with Crippen LogP contribution in [0.25, 0.3) is 0 Å². The Balaban J connectivity index is 2.35. The highest BCUT2D eigenvalue weighted by Crippen LogP contribution is 2.11. The first kappa shape index (κ1) is 16.3. The number of carbonyl (C=O) groups is 2. The van der Waals surface area contributed by atoms with Gasteiger partial charge in [0.1, 0.15) is 0 Å². The van der Waals surface area contributed by atoms with E-state index in [1.807, 2.05) is 12.1 Å². The molecule has 110 valence electrons. The van der Waals surface area contributed by atoms with Gasteiger partial charge in [0, 0.05) is 25.2 Å². The molecule has 0 fully saturated rings. The van der Waals surface area contributed by atoms with E-state index in [1.54, 1.807) is 26.1 Å². The van der Waals surface area contributed by atoms with E-state index in [0.717, 1.165) is 5.56 Å². The summed E-state index contributed by atoms with van der Waals surface area (Å²) in [6, 6.07) is 7.04. The predicted molar refractivity (Wildman–Crippen MR) is 77.7 cm³/mol. The summed E-state index contributed by atoms with van der Waals surface area (Å²) in [6.07, 6.45) is 0.413. The van der Waals surface area contributed by atoms with Gasteiger partial charge in [0.15, 0.2) is 0 Å². The molecule has 1 rings (SSSR count). The van der Waals surface area contributed by atoms with Crippen LogP contribution in [0.2, 0.25) is 5.02 Å². The average Bonchev–Trinajstić information content (AvgIpc) is 2.40. The standard InChI is InChI=1S/C14H19ClN2O3/c1-10(13(18)19)7-8-16-14(20)17(2)9-11-3-5-12(15)6-4-11/h3-6,10H,7-9H2,1-2H3,(H,16,20)(H,18,19). The van der Waals surface area contributed by atoms with Gasteiger partial charge in [0.05, 0.1) is 5.92 Å². The number of amides is 2. The van der Waals surface area contributed by atoms with Crippen LogP contribution in [0, 0.1) is 5.92 Å². The maximum absolute atomic E-state index is 11.8. The van der Waals surface area contributed by atoms with Gasteiger partial charge in [0.2, 0.25) is 0 Å². The largest absolute Gasteiger partial charge is 0.481 e. The van der Waals surface area contributed by atoms with Gasteiger partial charge in [0.25, 0.3) is 0 Å². The van der Waals surface area contributed by atoms with Crippen molar-refractivity contribution in [2.24, 2.45) is 5.92 Å². The van der Waals surface area contributed by atoms with Crippen molar-refractivity contribution in [3.05, 3.63) is 34.9 Å². The Kier molecular flexibility index (Phi) is 6.31. The smallest absolute Gasteiger partial charge is 0.317 e. The summed E-state index contributed by atoms with van der Waals surface area (Å²) in [5.41, 5.74) is 0.978. The molecule has 0 saturated heterocycles. The lowest BCUT2D eigenvalue weighted by Gasteiger charge is -2.18. The third-order valence-corrected chi connectivity index (χ3v) is 3.21. The van der Waals surface area contributed by atoms with Crippen LogP contribution in [0.5, 0.6) is 0 Å². The Bertz CT molecular complexity index is 462. The number of urea groups is 1. The molecule has 0 aromatic heterocycles. The van der Waals surface area contributed by atoms with Crippen molar-refractivity contribution in [2.45, 2.75) is 19.9 Å². The highest BCUT2D eigenvalue weighted by Gasteiger charge is 2.12. The Labute approximate surface area is 123 Å². The van der Waals surface area contributed by atoms with Gasteiger partial charge in [-0.15, -0.1) is 0 Å². The van der Waals surface area contributed by atoms with Gasteiger partial charge in [-0.3, -0.25) is 4.79 Å². The fourth-order valence-electron chi connectivity index (χ4n) is 1.59. The van der Waals surface area contributed by atoms with Crippen molar-refractivity contribution in [3.63, 3.8) is 0 Å². The van der Waals surface area contributed by atoms with Crippen LogP contribution >= 0.6 is 11.6 Å². The highest BCUT2D eigenvalue weighted by atomic mass is 35.5. The Hall–Kier alpha value is -1.75. The lowest BCUT2D eigenvalue weighted by Crippen LogP contribution is -2.37. The molecule has 0 aliphatic rings. The van der Waals surface area contributed by atoms with Crippen molar-refractivity contribution in [1.82, 2.24) is 10.2 Å². The summed E-state index contributed by atoms with van der Waals surface area (Å²) >= 11 is 5.79. The third kappa shape index (κ3) is 5.48. The number of halogens is 1. The van der Waals surface area contributed by atoms with Crippen LogP contribution in [0.15, 0.2) is 24.3 Å². The normalized spacial score (nSPS) is 11.8. The molecule has 1 aromatic carbocycles. The first-order valence-electron chi connectivity index (χ1n) is 6.36. The number of carboxylic acid groups (broad SMARTS) is 1. The van der Waals surface area contributed by atoms with Gasteiger partial charge in [-0.1, -0.05) is 30.7 Å². The number of hydrogen-bond donors (Lipinski definition) is 2. The topological polar surface area (TPSA) is 69.6 Å². The third-order valence-electron chi connectivity index (χ3n) is 2.95. The second-order valence-electron chi connectivity index (χ2n) is 4.74. The van der Waals surface area contributed by atoms with Gasteiger partial charge in [-0.05, 0) is 24.1 Å². The van der Waals surface area contributed by atoms with Crippen molar-refractivity contribution in [2.75, 3.05) is 13.6 Å². The number of aliphatic carboxylic acids is 1. The minimum Gasteiger partial charge on any atom is -0.481 e. The van der Waals surface area contributed by atoms with Crippen molar-refractivity contribution in [1.29, 1.82) is 0 Å². The van der Waals surface area contributed by atoms with E-state index >= 15 is 0 Å². The van der Waals surface area contributed by atoms with Crippen LogP contribution in [-0.2, 0) is 11.3 Å². The van der Waals surface area contributed by atoms with Crippen molar-refractivity contribution in [3.8, 4) is 0 Å². The molecule has 2 N–H and O–H groups in total. The molecule has 0 saturated carbocycles. The molecular formula is C14H19ClN2O3.